The van der Waals surface area contributed by atoms with Gasteiger partial charge < -0.3 is 14.6 Å². The zero-order valence-corrected chi connectivity index (χ0v) is 9.42. The van der Waals surface area contributed by atoms with E-state index in [1.165, 1.54) is 0 Å². The molecule has 0 saturated heterocycles. The molecule has 5 heteroatoms. The van der Waals surface area contributed by atoms with Crippen LogP contribution in [0.4, 0.5) is 0 Å². The number of carboxylic acid groups (broad SMARTS) is 1. The Morgan fingerprint density at radius 1 is 1.55 bits per heavy atom. The number of esters is 1. The molecule has 0 spiro atoms. The molecule has 0 aromatic rings. The number of ether oxygens (including phenoxy) is 1. The summed E-state index contributed by atoms with van der Waals surface area (Å²) in [7, 11) is 0. The number of rotatable bonds is 4. The molecule has 0 aliphatic carbocycles. The van der Waals surface area contributed by atoms with Gasteiger partial charge in [-0.3, -0.25) is 0 Å². The van der Waals surface area contributed by atoms with Crippen LogP contribution in [0.2, 0.25) is 0 Å². The van der Waals surface area contributed by atoms with E-state index in [9.17, 15) is 14.7 Å². The largest absolute Gasteiger partial charge is 4.00 e. The Hall–Kier alpha value is -0.450. The van der Waals surface area contributed by atoms with Crippen LogP contribution in [-0.4, -0.2) is 18.5 Å². The van der Waals surface area contributed by atoms with Gasteiger partial charge in [-0.25, -0.2) is 4.79 Å². The van der Waals surface area contributed by atoms with Gasteiger partial charge in [0.25, 0.3) is 0 Å². The molecule has 0 heterocycles. The Labute approximate surface area is 83.0 Å². The SMILES string of the molecule is C=CC(=O)OCCC(=O)[O-].[Hf+4]. The van der Waals surface area contributed by atoms with Gasteiger partial charge in [0.2, 0.25) is 0 Å². The summed E-state index contributed by atoms with van der Waals surface area (Å²) in [5.41, 5.74) is 0. The summed E-state index contributed by atoms with van der Waals surface area (Å²) >= 11 is 0. The molecule has 0 rings (SSSR count). The van der Waals surface area contributed by atoms with Gasteiger partial charge in [-0.05, 0) is 0 Å². The molecular weight excluding hydrogens is 315 g/mol. The van der Waals surface area contributed by atoms with Crippen LogP contribution in [0.25, 0.3) is 0 Å². The fraction of sp³-hybridized carbons (Fsp3) is 0.333. The van der Waals surface area contributed by atoms with Gasteiger partial charge >= 0.3 is 31.8 Å². The van der Waals surface area contributed by atoms with E-state index in [1.807, 2.05) is 0 Å². The predicted molar refractivity (Wildman–Crippen MR) is 30.8 cm³/mol. The summed E-state index contributed by atoms with van der Waals surface area (Å²) in [6.45, 7) is 2.96. The molecule has 11 heavy (non-hydrogen) atoms. The van der Waals surface area contributed by atoms with Crippen molar-refractivity contribution in [3.63, 3.8) is 0 Å². The molecule has 0 aromatic carbocycles. The maximum absolute atomic E-state index is 10.2. The number of carboxylic acids is 1. The summed E-state index contributed by atoms with van der Waals surface area (Å²) in [6.07, 6.45) is 0.689. The second-order valence-corrected chi connectivity index (χ2v) is 1.49. The van der Waals surface area contributed by atoms with Crippen molar-refractivity contribution in [3.8, 4) is 0 Å². The van der Waals surface area contributed by atoms with Crippen LogP contribution in [0.15, 0.2) is 12.7 Å². The second kappa shape index (κ2) is 7.65. The maximum atomic E-state index is 10.2. The quantitative estimate of drug-likeness (QED) is 0.373. The topological polar surface area (TPSA) is 66.4 Å². The monoisotopic (exact) mass is 323 g/mol. The van der Waals surface area contributed by atoms with Crippen LogP contribution in [0.5, 0.6) is 0 Å². The molecule has 0 bridgehead atoms. The molecule has 0 radical (unpaired) electrons. The van der Waals surface area contributed by atoms with Crippen molar-refractivity contribution in [2.24, 2.45) is 0 Å². The smallest absolute Gasteiger partial charge is 0.550 e. The van der Waals surface area contributed by atoms with Crippen LogP contribution in [0, 0.1) is 0 Å². The molecule has 0 unspecified atom stereocenters. The van der Waals surface area contributed by atoms with E-state index < -0.39 is 11.9 Å². The summed E-state index contributed by atoms with van der Waals surface area (Å²) in [5.74, 6) is -1.86. The second-order valence-electron chi connectivity index (χ2n) is 1.49. The van der Waals surface area contributed by atoms with Crippen molar-refractivity contribution in [1.82, 2.24) is 0 Å². The van der Waals surface area contributed by atoms with Crippen LogP contribution < -0.4 is 5.11 Å². The molecule has 0 atom stereocenters. The predicted octanol–water partition coefficient (Wildman–Crippen LogP) is -1.15. The van der Waals surface area contributed by atoms with Gasteiger partial charge in [-0.15, -0.1) is 0 Å². The fourth-order valence-corrected chi connectivity index (χ4v) is 0.294. The molecular formula is C6H7HfO4+3. The number of carbonyl (C=O) groups excluding carboxylic acids is 2. The molecule has 0 aliphatic heterocycles. The zero-order valence-electron chi connectivity index (χ0n) is 5.83. The average molecular weight is 322 g/mol. The molecule has 0 aliphatic rings. The summed E-state index contributed by atoms with van der Waals surface area (Å²) in [5, 5.41) is 9.74. The van der Waals surface area contributed by atoms with E-state index in [-0.39, 0.29) is 38.9 Å². The van der Waals surface area contributed by atoms with Crippen molar-refractivity contribution < 1.29 is 45.3 Å². The van der Waals surface area contributed by atoms with E-state index in [2.05, 4.69) is 11.3 Å². The molecule has 4 nitrogen and oxygen atoms in total. The van der Waals surface area contributed by atoms with Crippen molar-refractivity contribution in [1.29, 1.82) is 0 Å². The third kappa shape index (κ3) is 9.55. The van der Waals surface area contributed by atoms with Gasteiger partial charge in [0.05, 0.1) is 6.61 Å². The minimum absolute atomic E-state index is 0. The Morgan fingerprint density at radius 2 is 2.09 bits per heavy atom. The average Bonchev–Trinajstić information content (AvgIpc) is 1.87. The van der Waals surface area contributed by atoms with Crippen molar-refractivity contribution in [2.45, 2.75) is 6.42 Å². The fourth-order valence-electron chi connectivity index (χ4n) is 0.294. The number of carbonyl (C=O) groups is 2. The number of hydrogen-bond acceptors (Lipinski definition) is 4. The molecule has 0 fully saturated rings. The van der Waals surface area contributed by atoms with E-state index in [1.54, 1.807) is 0 Å². The van der Waals surface area contributed by atoms with Crippen LogP contribution in [0.3, 0.4) is 0 Å². The van der Waals surface area contributed by atoms with Crippen molar-refractivity contribution in [2.75, 3.05) is 6.61 Å². The van der Waals surface area contributed by atoms with Gasteiger partial charge in [0.1, 0.15) is 0 Å². The van der Waals surface area contributed by atoms with E-state index >= 15 is 0 Å². The number of aliphatic carboxylic acids is 1. The third-order valence-corrected chi connectivity index (χ3v) is 0.717. The standard InChI is InChI=1S/C6H8O4.Hf/c1-2-6(9)10-4-3-5(7)8;/h2H,1,3-4H2,(H,7,8);/q;+4/p-1. The van der Waals surface area contributed by atoms with Crippen LogP contribution >= 0.6 is 0 Å². The molecule has 0 amide bonds. The molecule has 0 N–H and O–H groups in total. The van der Waals surface area contributed by atoms with Gasteiger partial charge in [-0.1, -0.05) is 6.58 Å². The summed E-state index contributed by atoms with van der Waals surface area (Å²) in [6, 6.07) is 0. The molecule has 0 saturated carbocycles. The van der Waals surface area contributed by atoms with E-state index in [4.69, 9.17) is 0 Å². The Balaban J connectivity index is 0. The first-order valence-electron chi connectivity index (χ1n) is 2.66. The van der Waals surface area contributed by atoms with Crippen molar-refractivity contribution in [3.05, 3.63) is 12.7 Å². The van der Waals surface area contributed by atoms with Crippen molar-refractivity contribution >= 4 is 11.9 Å². The summed E-state index contributed by atoms with van der Waals surface area (Å²) in [4.78, 5) is 20.0. The first-order valence-corrected chi connectivity index (χ1v) is 2.66. The maximum Gasteiger partial charge on any atom is 4.00 e. The minimum atomic E-state index is -1.24. The molecule has 56 valence electrons. The normalized spacial score (nSPS) is 7.64. The Morgan fingerprint density at radius 3 is 2.45 bits per heavy atom. The first kappa shape index (κ1) is 13.2. The Kier molecular flexibility index (Phi) is 9.16. The van der Waals surface area contributed by atoms with E-state index in [0.717, 1.165) is 6.08 Å². The Bertz CT molecular complexity index is 155. The van der Waals surface area contributed by atoms with Crippen LogP contribution in [-0.2, 0) is 40.2 Å². The van der Waals surface area contributed by atoms with Crippen LogP contribution in [0.1, 0.15) is 6.42 Å². The van der Waals surface area contributed by atoms with Gasteiger partial charge in [0, 0.05) is 18.5 Å². The van der Waals surface area contributed by atoms with E-state index in [0.29, 0.717) is 0 Å². The zero-order chi connectivity index (χ0) is 7.98. The summed E-state index contributed by atoms with van der Waals surface area (Å²) < 4.78 is 4.32. The molecule has 0 aromatic heterocycles. The van der Waals surface area contributed by atoms with Gasteiger partial charge in [0.15, 0.2) is 0 Å². The number of hydrogen-bond donors (Lipinski definition) is 0. The van der Waals surface area contributed by atoms with Gasteiger partial charge in [-0.2, -0.15) is 0 Å². The third-order valence-electron chi connectivity index (χ3n) is 0.717. The first-order chi connectivity index (χ1) is 4.66. The minimum Gasteiger partial charge on any atom is -0.550 e.